The summed E-state index contributed by atoms with van der Waals surface area (Å²) in [5.41, 5.74) is 0. The first-order valence-electron chi connectivity index (χ1n) is 3.46. The van der Waals surface area contributed by atoms with Crippen LogP contribution in [0.3, 0.4) is 0 Å². The van der Waals surface area contributed by atoms with Crippen molar-refractivity contribution < 1.29 is 9.59 Å². The molecule has 56 valence electrons. The third kappa shape index (κ3) is 1.17. The van der Waals surface area contributed by atoms with Crippen molar-refractivity contribution in [2.75, 3.05) is 0 Å². The summed E-state index contributed by atoms with van der Waals surface area (Å²) in [5.74, 6) is -0.286. The molecule has 1 rings (SSSR count). The van der Waals surface area contributed by atoms with E-state index in [9.17, 15) is 9.59 Å². The van der Waals surface area contributed by atoms with Crippen molar-refractivity contribution in [2.45, 2.75) is 20.3 Å². The number of carbonyl (C=O) groups is 2. The van der Waals surface area contributed by atoms with Crippen molar-refractivity contribution in [1.29, 1.82) is 0 Å². The molecule has 1 N–H and O–H groups in total. The number of rotatable bonds is 0. The average molecular weight is 141 g/mol. The molecule has 0 radical (unpaired) electrons. The molecule has 1 fully saturated rings. The molecule has 0 aromatic rings. The highest BCUT2D eigenvalue weighted by Gasteiger charge is 2.28. The molecule has 0 spiro atoms. The lowest BCUT2D eigenvalue weighted by Gasteiger charge is -2.21. The van der Waals surface area contributed by atoms with Gasteiger partial charge in [0.2, 0.25) is 11.8 Å². The second kappa shape index (κ2) is 2.40. The molecule has 3 nitrogen and oxygen atoms in total. The van der Waals surface area contributed by atoms with Gasteiger partial charge in [-0.2, -0.15) is 0 Å². The Hall–Kier alpha value is -0.860. The summed E-state index contributed by atoms with van der Waals surface area (Å²) < 4.78 is 0. The van der Waals surface area contributed by atoms with Crippen LogP contribution < -0.4 is 5.32 Å². The van der Waals surface area contributed by atoms with E-state index >= 15 is 0 Å². The smallest absolute Gasteiger partial charge is 0.229 e. The van der Waals surface area contributed by atoms with Crippen LogP contribution in [-0.4, -0.2) is 11.8 Å². The lowest BCUT2D eigenvalue weighted by molar-refractivity contribution is -0.138. The topological polar surface area (TPSA) is 46.2 Å². The van der Waals surface area contributed by atoms with Gasteiger partial charge in [-0.25, -0.2) is 0 Å². The van der Waals surface area contributed by atoms with Gasteiger partial charge < -0.3 is 0 Å². The van der Waals surface area contributed by atoms with Crippen molar-refractivity contribution in [2.24, 2.45) is 11.8 Å². The van der Waals surface area contributed by atoms with Crippen LogP contribution in [0.25, 0.3) is 0 Å². The number of carbonyl (C=O) groups excluding carboxylic acids is 2. The van der Waals surface area contributed by atoms with Gasteiger partial charge in [-0.1, -0.05) is 13.8 Å². The van der Waals surface area contributed by atoms with Gasteiger partial charge >= 0.3 is 0 Å². The molecule has 0 bridgehead atoms. The first-order chi connectivity index (χ1) is 4.61. The lowest BCUT2D eigenvalue weighted by Crippen LogP contribution is -2.44. The van der Waals surface area contributed by atoms with Crippen LogP contribution in [0.2, 0.25) is 0 Å². The van der Waals surface area contributed by atoms with E-state index in [1.807, 2.05) is 13.8 Å². The Morgan fingerprint density at radius 3 is 1.90 bits per heavy atom. The summed E-state index contributed by atoms with van der Waals surface area (Å²) in [6, 6.07) is 0. The number of piperidine rings is 1. The van der Waals surface area contributed by atoms with Crippen LogP contribution in [0.5, 0.6) is 0 Å². The summed E-state index contributed by atoms with van der Waals surface area (Å²) in [6.07, 6.45) is 0.685. The van der Waals surface area contributed by atoms with Crippen molar-refractivity contribution in [3.63, 3.8) is 0 Å². The van der Waals surface area contributed by atoms with E-state index in [1.165, 1.54) is 0 Å². The van der Waals surface area contributed by atoms with E-state index in [-0.39, 0.29) is 23.7 Å². The zero-order chi connectivity index (χ0) is 7.72. The molecule has 1 heterocycles. The Balaban J connectivity index is 2.63. The zero-order valence-corrected chi connectivity index (χ0v) is 6.18. The highest BCUT2D eigenvalue weighted by Crippen LogP contribution is 2.16. The number of imide groups is 1. The van der Waals surface area contributed by atoms with Crippen LogP contribution in [0.1, 0.15) is 20.3 Å². The van der Waals surface area contributed by atoms with E-state index in [1.54, 1.807) is 0 Å². The van der Waals surface area contributed by atoms with Crippen LogP contribution in [-0.2, 0) is 9.59 Å². The van der Waals surface area contributed by atoms with E-state index in [2.05, 4.69) is 5.32 Å². The monoisotopic (exact) mass is 141 g/mol. The van der Waals surface area contributed by atoms with Gasteiger partial charge in [-0.15, -0.1) is 0 Å². The highest BCUT2D eigenvalue weighted by molar-refractivity contribution is 5.99. The molecular weight excluding hydrogens is 130 g/mol. The summed E-state index contributed by atoms with van der Waals surface area (Å²) in [6.45, 7) is 3.66. The van der Waals surface area contributed by atoms with Crippen molar-refractivity contribution in [1.82, 2.24) is 5.32 Å². The van der Waals surface area contributed by atoms with Gasteiger partial charge in [0.25, 0.3) is 0 Å². The van der Waals surface area contributed by atoms with Gasteiger partial charge in [-0.05, 0) is 6.42 Å². The average Bonchev–Trinajstić information content (AvgIpc) is 1.84. The van der Waals surface area contributed by atoms with Crippen molar-refractivity contribution in [3.05, 3.63) is 0 Å². The molecule has 1 saturated heterocycles. The Morgan fingerprint density at radius 1 is 1.20 bits per heavy atom. The molecule has 3 heteroatoms. The molecule has 0 aromatic heterocycles. The summed E-state index contributed by atoms with van der Waals surface area (Å²) >= 11 is 0. The van der Waals surface area contributed by atoms with Crippen molar-refractivity contribution >= 4 is 11.8 Å². The first kappa shape index (κ1) is 7.25. The SMILES string of the molecule is C[C@@H]1C[C@H](C)C(=O)NC1=O. The minimum atomic E-state index is -0.136. The summed E-state index contributed by atoms with van der Waals surface area (Å²) in [5, 5.41) is 2.30. The standard InChI is InChI=1S/C7H11NO2/c1-4-3-5(2)7(10)8-6(4)9/h4-5H,3H2,1-2H3,(H,8,9,10)/t4-,5+. The molecule has 10 heavy (non-hydrogen) atoms. The van der Waals surface area contributed by atoms with Gasteiger partial charge in [0.05, 0.1) is 0 Å². The Bertz CT molecular complexity index is 158. The second-order valence-corrected chi connectivity index (χ2v) is 2.89. The van der Waals surface area contributed by atoms with E-state index < -0.39 is 0 Å². The highest BCUT2D eigenvalue weighted by atomic mass is 16.2. The molecule has 2 atom stereocenters. The normalized spacial score (nSPS) is 33.8. The maximum absolute atomic E-state index is 10.8. The maximum atomic E-state index is 10.8. The Morgan fingerprint density at radius 2 is 1.60 bits per heavy atom. The van der Waals surface area contributed by atoms with Crippen LogP contribution in [0.15, 0.2) is 0 Å². The number of hydrogen-bond donors (Lipinski definition) is 1. The van der Waals surface area contributed by atoms with E-state index in [0.29, 0.717) is 6.42 Å². The van der Waals surface area contributed by atoms with Gasteiger partial charge in [-0.3, -0.25) is 14.9 Å². The molecule has 0 aliphatic carbocycles. The molecule has 0 unspecified atom stereocenters. The number of hydrogen-bond acceptors (Lipinski definition) is 2. The minimum Gasteiger partial charge on any atom is -0.296 e. The molecule has 1 aliphatic rings. The number of nitrogens with one attached hydrogen (secondary N) is 1. The second-order valence-electron chi connectivity index (χ2n) is 2.89. The molecule has 0 saturated carbocycles. The summed E-state index contributed by atoms with van der Waals surface area (Å²) in [7, 11) is 0. The predicted octanol–water partition coefficient (Wildman–Crippen LogP) is 0.305. The van der Waals surface area contributed by atoms with Gasteiger partial charge in [0, 0.05) is 11.8 Å². The minimum absolute atomic E-state index is 0.00676. The first-order valence-corrected chi connectivity index (χ1v) is 3.46. The predicted molar refractivity (Wildman–Crippen MR) is 36.1 cm³/mol. The molecule has 1 aliphatic heterocycles. The molecule has 0 aromatic carbocycles. The van der Waals surface area contributed by atoms with Crippen LogP contribution >= 0.6 is 0 Å². The van der Waals surface area contributed by atoms with Gasteiger partial charge in [0.1, 0.15) is 0 Å². The Labute approximate surface area is 59.8 Å². The largest absolute Gasteiger partial charge is 0.296 e. The fraction of sp³-hybridized carbons (Fsp3) is 0.714. The summed E-state index contributed by atoms with van der Waals surface area (Å²) in [4.78, 5) is 21.6. The third-order valence-electron chi connectivity index (χ3n) is 1.85. The quantitative estimate of drug-likeness (QED) is 0.493. The Kier molecular flexibility index (Phi) is 1.74. The van der Waals surface area contributed by atoms with Crippen molar-refractivity contribution in [3.8, 4) is 0 Å². The molecular formula is C7H11NO2. The van der Waals surface area contributed by atoms with E-state index in [4.69, 9.17) is 0 Å². The molecule has 2 amide bonds. The van der Waals surface area contributed by atoms with Crippen LogP contribution in [0.4, 0.5) is 0 Å². The fourth-order valence-electron chi connectivity index (χ4n) is 1.11. The maximum Gasteiger partial charge on any atom is 0.229 e. The van der Waals surface area contributed by atoms with Crippen LogP contribution in [0, 0.1) is 11.8 Å². The lowest BCUT2D eigenvalue weighted by atomic mass is 9.92. The zero-order valence-electron chi connectivity index (χ0n) is 6.18. The van der Waals surface area contributed by atoms with Gasteiger partial charge in [0.15, 0.2) is 0 Å². The fourth-order valence-corrected chi connectivity index (χ4v) is 1.11. The number of amides is 2. The third-order valence-corrected chi connectivity index (χ3v) is 1.85. The van der Waals surface area contributed by atoms with E-state index in [0.717, 1.165) is 0 Å².